The van der Waals surface area contributed by atoms with Crippen LogP contribution in [0.2, 0.25) is 0 Å². The van der Waals surface area contributed by atoms with Crippen LogP contribution in [0.3, 0.4) is 0 Å². The molecule has 1 N–H and O–H groups in total. The second kappa shape index (κ2) is 9.07. The van der Waals surface area contributed by atoms with Gasteiger partial charge in [0.25, 0.3) is 0 Å². The Morgan fingerprint density at radius 3 is 2.59 bits per heavy atom. The van der Waals surface area contributed by atoms with E-state index in [0.717, 1.165) is 17.2 Å². The van der Waals surface area contributed by atoms with E-state index in [0.29, 0.717) is 11.3 Å². The predicted octanol–water partition coefficient (Wildman–Crippen LogP) is 2.03. The number of methoxy groups -OCH3 is 1. The molecule has 1 aromatic carbocycles. The zero-order chi connectivity index (χ0) is 20.0. The van der Waals surface area contributed by atoms with Crippen LogP contribution in [-0.2, 0) is 21.2 Å². The highest BCUT2D eigenvalue weighted by molar-refractivity contribution is 7.88. The van der Waals surface area contributed by atoms with Crippen molar-refractivity contribution >= 4 is 33.1 Å². The maximum Gasteiger partial charge on any atom is 0.341 e. The molecule has 27 heavy (non-hydrogen) atoms. The van der Waals surface area contributed by atoms with Crippen LogP contribution in [0.4, 0.5) is 4.39 Å². The first kappa shape index (κ1) is 21.0. The summed E-state index contributed by atoms with van der Waals surface area (Å²) in [4.78, 5) is 25.2. The van der Waals surface area contributed by atoms with E-state index in [9.17, 15) is 22.4 Å². The van der Waals surface area contributed by atoms with E-state index in [1.165, 1.54) is 30.6 Å². The number of Topliss-reactive ketones (excluding diaryl/α,β-unsaturated/α-hetero) is 1. The second-order valence-corrected chi connectivity index (χ2v) is 8.53. The number of sulfonamides is 1. The smallest absolute Gasteiger partial charge is 0.341 e. The van der Waals surface area contributed by atoms with Crippen LogP contribution in [0.1, 0.15) is 24.9 Å². The van der Waals surface area contributed by atoms with Crippen molar-refractivity contribution in [2.45, 2.75) is 6.42 Å². The fourth-order valence-corrected chi connectivity index (χ4v) is 3.49. The molecule has 2 aromatic rings. The van der Waals surface area contributed by atoms with Gasteiger partial charge in [-0.15, -0.1) is 11.3 Å². The fourth-order valence-electron chi connectivity index (χ4n) is 2.09. The molecule has 0 atom stereocenters. The third-order valence-corrected chi connectivity index (χ3v) is 5.32. The fraction of sp³-hybridized carbons (Fsp3) is 0.294. The number of carbonyl (C=O) groups excluding carboxylic acids is 2. The Morgan fingerprint density at radius 1 is 1.22 bits per heavy atom. The lowest BCUT2D eigenvalue weighted by Crippen LogP contribution is -2.24. The largest absolute Gasteiger partial charge is 0.497 e. The third-order valence-electron chi connectivity index (χ3n) is 3.40. The van der Waals surface area contributed by atoms with Gasteiger partial charge in [-0.1, -0.05) is 0 Å². The summed E-state index contributed by atoms with van der Waals surface area (Å²) >= 11 is 1.18. The molecule has 0 bridgehead atoms. The van der Waals surface area contributed by atoms with E-state index >= 15 is 0 Å². The summed E-state index contributed by atoms with van der Waals surface area (Å²) in [5, 5.41) is 0. The lowest BCUT2D eigenvalue weighted by molar-refractivity contribution is 0.0471. The molecule has 0 aliphatic carbocycles. The van der Waals surface area contributed by atoms with Gasteiger partial charge in [0.05, 0.1) is 23.8 Å². The van der Waals surface area contributed by atoms with Crippen LogP contribution in [0.25, 0.3) is 0 Å². The van der Waals surface area contributed by atoms with Gasteiger partial charge in [-0.2, -0.15) is 0 Å². The van der Waals surface area contributed by atoms with Crippen LogP contribution in [-0.4, -0.2) is 46.7 Å². The van der Waals surface area contributed by atoms with Gasteiger partial charge < -0.3 is 9.47 Å². The number of ketones is 1. The van der Waals surface area contributed by atoms with Gasteiger partial charge in [-0.3, -0.25) is 4.79 Å². The van der Waals surface area contributed by atoms with Crippen molar-refractivity contribution in [2.75, 3.05) is 26.5 Å². The Bertz CT molecular complexity index is 939. The molecule has 0 fully saturated rings. The highest BCUT2D eigenvalue weighted by atomic mass is 32.2. The molecule has 1 heterocycles. The van der Waals surface area contributed by atoms with Crippen molar-refractivity contribution in [2.24, 2.45) is 0 Å². The molecule has 146 valence electrons. The molecule has 0 aliphatic rings. The van der Waals surface area contributed by atoms with Crippen LogP contribution in [0.5, 0.6) is 5.75 Å². The van der Waals surface area contributed by atoms with E-state index in [-0.39, 0.29) is 17.9 Å². The monoisotopic (exact) mass is 415 g/mol. The number of esters is 1. The highest BCUT2D eigenvalue weighted by Gasteiger charge is 2.17. The summed E-state index contributed by atoms with van der Waals surface area (Å²) in [6, 6.07) is 6.96. The molecular formula is C17H18FNO6S2. The molecule has 1 aromatic heterocycles. The number of hydrogen-bond acceptors (Lipinski definition) is 7. The molecular weight excluding hydrogens is 397 g/mol. The normalized spacial score (nSPS) is 11.2. The van der Waals surface area contributed by atoms with Gasteiger partial charge in [-0.05, 0) is 30.7 Å². The SMILES string of the molecule is COc1ccc(C(=O)OCC(=O)c2ccc(CCNS(C)(=O)=O)s2)c(F)c1. The molecule has 7 nitrogen and oxygen atoms in total. The number of ether oxygens (including phenoxy) is 2. The first-order valence-electron chi connectivity index (χ1n) is 7.77. The predicted molar refractivity (Wildman–Crippen MR) is 98.4 cm³/mol. The highest BCUT2D eigenvalue weighted by Crippen LogP contribution is 2.19. The molecule has 0 spiro atoms. The zero-order valence-corrected chi connectivity index (χ0v) is 16.3. The number of thiophene rings is 1. The zero-order valence-electron chi connectivity index (χ0n) is 14.7. The number of nitrogens with one attached hydrogen (secondary N) is 1. The van der Waals surface area contributed by atoms with Crippen molar-refractivity contribution in [3.63, 3.8) is 0 Å². The Balaban J connectivity index is 1.89. The number of benzene rings is 1. The standard InChI is InChI=1S/C17H18FNO6S2/c1-24-11-3-5-13(14(18)9-11)17(21)25-10-15(20)16-6-4-12(26-16)7-8-19-27(2,22)23/h3-6,9,19H,7-8,10H2,1-2H3. The molecule has 0 aliphatic heterocycles. The molecule has 0 saturated carbocycles. The van der Waals surface area contributed by atoms with Gasteiger partial charge in [-0.25, -0.2) is 22.3 Å². The first-order chi connectivity index (χ1) is 12.7. The van der Waals surface area contributed by atoms with Crippen LogP contribution in [0.15, 0.2) is 30.3 Å². The Labute approximate surface area is 160 Å². The van der Waals surface area contributed by atoms with Crippen molar-refractivity contribution < 1.29 is 31.9 Å². The Kier molecular flexibility index (Phi) is 7.05. The van der Waals surface area contributed by atoms with E-state index in [1.54, 1.807) is 12.1 Å². The maximum atomic E-state index is 13.8. The van der Waals surface area contributed by atoms with Crippen molar-refractivity contribution in [3.8, 4) is 5.75 Å². The molecule has 2 rings (SSSR count). The van der Waals surface area contributed by atoms with Crippen molar-refractivity contribution in [1.29, 1.82) is 0 Å². The van der Waals surface area contributed by atoms with Crippen molar-refractivity contribution in [3.05, 3.63) is 51.5 Å². The molecule has 0 amide bonds. The Morgan fingerprint density at radius 2 is 1.96 bits per heavy atom. The summed E-state index contributed by atoms with van der Waals surface area (Å²) in [7, 11) is -1.89. The van der Waals surface area contributed by atoms with Crippen LogP contribution in [0, 0.1) is 5.82 Å². The van der Waals surface area contributed by atoms with Gasteiger partial charge in [0.1, 0.15) is 11.6 Å². The first-order valence-corrected chi connectivity index (χ1v) is 10.5. The number of hydrogen-bond donors (Lipinski definition) is 1. The molecule has 0 radical (unpaired) electrons. The van der Waals surface area contributed by atoms with Crippen LogP contribution >= 0.6 is 11.3 Å². The van der Waals surface area contributed by atoms with Gasteiger partial charge in [0, 0.05) is 17.5 Å². The number of carbonyl (C=O) groups is 2. The lowest BCUT2D eigenvalue weighted by atomic mass is 10.2. The minimum atomic E-state index is -3.26. The third kappa shape index (κ3) is 6.42. The quantitative estimate of drug-likeness (QED) is 0.497. The van der Waals surface area contributed by atoms with Gasteiger partial charge in [0.15, 0.2) is 6.61 Å². The van der Waals surface area contributed by atoms with Gasteiger partial charge in [0.2, 0.25) is 15.8 Å². The number of rotatable bonds is 9. The summed E-state index contributed by atoms with van der Waals surface area (Å²) in [5.74, 6) is -1.91. The summed E-state index contributed by atoms with van der Waals surface area (Å²) in [6.07, 6.45) is 1.50. The lowest BCUT2D eigenvalue weighted by Gasteiger charge is -2.06. The van der Waals surface area contributed by atoms with Crippen LogP contribution < -0.4 is 9.46 Å². The average Bonchev–Trinajstić information content (AvgIpc) is 3.07. The summed E-state index contributed by atoms with van der Waals surface area (Å²) in [6.45, 7) is -0.301. The van der Waals surface area contributed by atoms with E-state index in [2.05, 4.69) is 4.72 Å². The van der Waals surface area contributed by atoms with Crippen molar-refractivity contribution in [1.82, 2.24) is 4.72 Å². The summed E-state index contributed by atoms with van der Waals surface area (Å²) in [5.41, 5.74) is -0.290. The molecule has 10 heteroatoms. The maximum absolute atomic E-state index is 13.8. The summed E-state index contributed by atoms with van der Waals surface area (Å²) < 4.78 is 48.0. The molecule has 0 saturated heterocycles. The Hall–Kier alpha value is -2.30. The van der Waals surface area contributed by atoms with E-state index < -0.39 is 34.2 Å². The minimum absolute atomic E-state index is 0.221. The van der Waals surface area contributed by atoms with E-state index in [1.807, 2.05) is 0 Å². The minimum Gasteiger partial charge on any atom is -0.497 e. The second-order valence-electron chi connectivity index (χ2n) is 5.53. The molecule has 0 unspecified atom stereocenters. The average molecular weight is 415 g/mol. The number of halogens is 1. The topological polar surface area (TPSA) is 98.8 Å². The van der Waals surface area contributed by atoms with E-state index in [4.69, 9.17) is 9.47 Å². The van der Waals surface area contributed by atoms with Gasteiger partial charge >= 0.3 is 5.97 Å².